The van der Waals surface area contributed by atoms with Gasteiger partial charge in [0.15, 0.2) is 0 Å². The minimum absolute atomic E-state index is 0.173. The van der Waals surface area contributed by atoms with Gasteiger partial charge in [-0.15, -0.1) is 0 Å². The van der Waals surface area contributed by atoms with Crippen LogP contribution in [0.5, 0.6) is 0 Å². The summed E-state index contributed by atoms with van der Waals surface area (Å²) in [7, 11) is 1.53. The smallest absolute Gasteiger partial charge is 0.408 e. The monoisotopic (exact) mass is 452 g/mol. The first-order valence-corrected chi connectivity index (χ1v) is 10.2. The van der Waals surface area contributed by atoms with E-state index in [-0.39, 0.29) is 6.54 Å². The molecule has 2 unspecified atom stereocenters. The van der Waals surface area contributed by atoms with Gasteiger partial charge in [-0.05, 0) is 44.0 Å². The standard InChI is InChI=1S/C22H26Cl2N2O4/c1-22(2,3)30-21(28)26-19(14-8-6-5-7-9-14)20(27)25-13-18(29-4)15-10-11-16(23)17(24)12-15/h5-12,18-19H,13H2,1-4H3,(H,25,27)(H,26,28). The molecule has 0 spiro atoms. The molecule has 0 aromatic heterocycles. The first-order chi connectivity index (χ1) is 14.1. The van der Waals surface area contributed by atoms with Gasteiger partial charge in [0.1, 0.15) is 11.6 Å². The van der Waals surface area contributed by atoms with E-state index in [1.807, 2.05) is 6.07 Å². The van der Waals surface area contributed by atoms with Crippen LogP contribution in [0.3, 0.4) is 0 Å². The number of alkyl carbamates (subject to hydrolysis) is 1. The number of nitrogens with one attached hydrogen (secondary N) is 2. The van der Waals surface area contributed by atoms with Crippen molar-refractivity contribution in [2.75, 3.05) is 13.7 Å². The molecule has 0 aliphatic heterocycles. The molecule has 0 heterocycles. The van der Waals surface area contributed by atoms with Crippen LogP contribution in [0, 0.1) is 0 Å². The number of carbonyl (C=O) groups excluding carboxylic acids is 2. The number of halogens is 2. The Morgan fingerprint density at radius 2 is 1.67 bits per heavy atom. The van der Waals surface area contributed by atoms with Crippen molar-refractivity contribution in [2.24, 2.45) is 0 Å². The average Bonchev–Trinajstić information content (AvgIpc) is 2.68. The summed E-state index contributed by atoms with van der Waals surface area (Å²) in [5.41, 5.74) is 0.712. The predicted molar refractivity (Wildman–Crippen MR) is 118 cm³/mol. The fourth-order valence-electron chi connectivity index (χ4n) is 2.72. The largest absolute Gasteiger partial charge is 0.444 e. The highest BCUT2D eigenvalue weighted by Crippen LogP contribution is 2.27. The van der Waals surface area contributed by atoms with Crippen molar-refractivity contribution in [3.63, 3.8) is 0 Å². The van der Waals surface area contributed by atoms with Gasteiger partial charge in [-0.3, -0.25) is 4.79 Å². The van der Waals surface area contributed by atoms with Gasteiger partial charge in [-0.25, -0.2) is 4.79 Å². The van der Waals surface area contributed by atoms with Gasteiger partial charge >= 0.3 is 6.09 Å². The van der Waals surface area contributed by atoms with Crippen molar-refractivity contribution >= 4 is 35.2 Å². The first kappa shape index (κ1) is 24.0. The Hall–Kier alpha value is -2.28. The van der Waals surface area contributed by atoms with Gasteiger partial charge < -0.3 is 20.1 Å². The molecular formula is C22H26Cl2N2O4. The Kier molecular flexibility index (Phi) is 8.53. The highest BCUT2D eigenvalue weighted by molar-refractivity contribution is 6.42. The Labute approximate surface area is 186 Å². The minimum Gasteiger partial charge on any atom is -0.444 e. The predicted octanol–water partition coefficient (Wildman–Crippen LogP) is 5.06. The van der Waals surface area contributed by atoms with E-state index in [0.717, 1.165) is 5.56 Å². The molecule has 2 amide bonds. The molecule has 30 heavy (non-hydrogen) atoms. The van der Waals surface area contributed by atoms with Gasteiger partial charge in [-0.1, -0.05) is 59.6 Å². The van der Waals surface area contributed by atoms with Crippen LogP contribution in [0.1, 0.15) is 44.0 Å². The molecule has 162 valence electrons. The number of methoxy groups -OCH3 is 1. The molecule has 0 radical (unpaired) electrons. The van der Waals surface area contributed by atoms with Crippen LogP contribution in [0.2, 0.25) is 10.0 Å². The van der Waals surface area contributed by atoms with Crippen LogP contribution in [0.15, 0.2) is 48.5 Å². The molecule has 8 heteroatoms. The highest BCUT2D eigenvalue weighted by atomic mass is 35.5. The molecule has 0 aliphatic carbocycles. The van der Waals surface area contributed by atoms with Crippen molar-refractivity contribution < 1.29 is 19.1 Å². The van der Waals surface area contributed by atoms with Crippen molar-refractivity contribution in [1.29, 1.82) is 0 Å². The van der Waals surface area contributed by atoms with Gasteiger partial charge in [0, 0.05) is 13.7 Å². The van der Waals surface area contributed by atoms with Crippen LogP contribution in [0.25, 0.3) is 0 Å². The van der Waals surface area contributed by atoms with Gasteiger partial charge in [-0.2, -0.15) is 0 Å². The molecule has 0 saturated carbocycles. The molecule has 2 aromatic rings. The number of amides is 2. The first-order valence-electron chi connectivity index (χ1n) is 9.40. The van der Waals surface area contributed by atoms with E-state index in [2.05, 4.69) is 10.6 Å². The molecular weight excluding hydrogens is 427 g/mol. The Bertz CT molecular complexity index is 869. The Morgan fingerprint density at radius 1 is 1.00 bits per heavy atom. The van der Waals surface area contributed by atoms with E-state index in [4.69, 9.17) is 32.7 Å². The van der Waals surface area contributed by atoms with Gasteiger partial charge in [0.25, 0.3) is 0 Å². The zero-order valence-electron chi connectivity index (χ0n) is 17.4. The second kappa shape index (κ2) is 10.7. The summed E-state index contributed by atoms with van der Waals surface area (Å²) < 4.78 is 10.8. The van der Waals surface area contributed by atoms with Gasteiger partial charge in [0.05, 0.1) is 16.1 Å². The highest BCUT2D eigenvalue weighted by Gasteiger charge is 2.26. The van der Waals surface area contributed by atoms with E-state index in [0.29, 0.717) is 15.6 Å². The lowest BCUT2D eigenvalue weighted by Gasteiger charge is -2.24. The molecule has 0 fully saturated rings. The summed E-state index contributed by atoms with van der Waals surface area (Å²) in [4.78, 5) is 25.2. The van der Waals surface area contributed by atoms with Crippen LogP contribution < -0.4 is 10.6 Å². The Balaban J connectivity index is 2.13. The lowest BCUT2D eigenvalue weighted by Crippen LogP contribution is -2.43. The van der Waals surface area contributed by atoms with E-state index >= 15 is 0 Å². The summed E-state index contributed by atoms with van der Waals surface area (Å²) in [5, 5.41) is 6.29. The molecule has 2 aromatic carbocycles. The van der Waals surface area contributed by atoms with Crippen molar-refractivity contribution in [1.82, 2.24) is 10.6 Å². The molecule has 6 nitrogen and oxygen atoms in total. The van der Waals surface area contributed by atoms with Crippen LogP contribution in [-0.4, -0.2) is 31.3 Å². The maximum Gasteiger partial charge on any atom is 0.408 e. The normalized spacial score (nSPS) is 13.3. The number of carbonyl (C=O) groups is 2. The number of ether oxygens (including phenoxy) is 2. The molecule has 2 rings (SSSR count). The fourth-order valence-corrected chi connectivity index (χ4v) is 3.02. The molecule has 0 aliphatic rings. The number of rotatable bonds is 7. The summed E-state index contributed by atoms with van der Waals surface area (Å²) in [6, 6.07) is 13.1. The Morgan fingerprint density at radius 3 is 2.23 bits per heavy atom. The molecule has 0 saturated heterocycles. The lowest BCUT2D eigenvalue weighted by molar-refractivity contribution is -0.124. The number of hydrogen-bond acceptors (Lipinski definition) is 4. The van der Waals surface area contributed by atoms with Crippen molar-refractivity contribution in [2.45, 2.75) is 38.5 Å². The van der Waals surface area contributed by atoms with E-state index < -0.39 is 29.7 Å². The van der Waals surface area contributed by atoms with Gasteiger partial charge in [0.2, 0.25) is 5.91 Å². The second-order valence-corrected chi connectivity index (χ2v) is 8.45. The third kappa shape index (κ3) is 7.20. The molecule has 2 atom stereocenters. The average molecular weight is 453 g/mol. The maximum atomic E-state index is 12.9. The SMILES string of the molecule is COC(CNC(=O)C(NC(=O)OC(C)(C)C)c1ccccc1)c1ccc(Cl)c(Cl)c1. The van der Waals surface area contributed by atoms with E-state index in [1.54, 1.807) is 63.2 Å². The summed E-state index contributed by atoms with van der Waals surface area (Å²) in [5.74, 6) is -0.394. The number of hydrogen-bond donors (Lipinski definition) is 2. The van der Waals surface area contributed by atoms with Crippen LogP contribution in [-0.2, 0) is 14.3 Å². The minimum atomic E-state index is -0.924. The fraction of sp³-hybridized carbons (Fsp3) is 0.364. The quantitative estimate of drug-likeness (QED) is 0.614. The van der Waals surface area contributed by atoms with Crippen molar-refractivity contribution in [3.05, 3.63) is 69.7 Å². The van der Waals surface area contributed by atoms with Crippen molar-refractivity contribution in [3.8, 4) is 0 Å². The third-order valence-corrected chi connectivity index (χ3v) is 4.86. The second-order valence-electron chi connectivity index (χ2n) is 7.63. The zero-order valence-corrected chi connectivity index (χ0v) is 18.9. The van der Waals surface area contributed by atoms with E-state index in [1.165, 1.54) is 7.11 Å². The molecule has 0 bridgehead atoms. The lowest BCUT2D eigenvalue weighted by atomic mass is 10.1. The molecule has 2 N–H and O–H groups in total. The zero-order chi connectivity index (χ0) is 22.3. The van der Waals surface area contributed by atoms with Crippen LogP contribution >= 0.6 is 23.2 Å². The van der Waals surface area contributed by atoms with Crippen LogP contribution in [0.4, 0.5) is 4.79 Å². The summed E-state index contributed by atoms with van der Waals surface area (Å²) in [6.07, 6.45) is -1.12. The number of benzene rings is 2. The topological polar surface area (TPSA) is 76.7 Å². The summed E-state index contributed by atoms with van der Waals surface area (Å²) in [6.45, 7) is 5.44. The maximum absolute atomic E-state index is 12.9. The summed E-state index contributed by atoms with van der Waals surface area (Å²) >= 11 is 12.0. The third-order valence-electron chi connectivity index (χ3n) is 4.12. The van der Waals surface area contributed by atoms with E-state index in [9.17, 15) is 9.59 Å².